The number of benzene rings is 1. The highest BCUT2D eigenvalue weighted by molar-refractivity contribution is 5.80. The zero-order chi connectivity index (χ0) is 16.8. The molecule has 1 heterocycles. The number of carbonyl (C=O) groups is 2. The SMILES string of the molecule is O=C(CN1CCC[C@H]1C(=O)O)NCc1ccc(OC(F)F)cc1. The fourth-order valence-electron chi connectivity index (χ4n) is 2.52. The fourth-order valence-corrected chi connectivity index (χ4v) is 2.52. The van der Waals surface area contributed by atoms with Gasteiger partial charge in [0.2, 0.25) is 5.91 Å². The number of likely N-dealkylation sites (tertiary alicyclic amines) is 1. The summed E-state index contributed by atoms with van der Waals surface area (Å²) in [5.41, 5.74) is 0.733. The van der Waals surface area contributed by atoms with Crippen molar-refractivity contribution in [3.05, 3.63) is 29.8 Å². The van der Waals surface area contributed by atoms with Gasteiger partial charge in [-0.25, -0.2) is 0 Å². The van der Waals surface area contributed by atoms with Crippen LogP contribution in [0.2, 0.25) is 0 Å². The molecule has 23 heavy (non-hydrogen) atoms. The minimum atomic E-state index is -2.87. The molecule has 0 unspecified atom stereocenters. The van der Waals surface area contributed by atoms with Crippen molar-refractivity contribution in [3.8, 4) is 5.75 Å². The highest BCUT2D eigenvalue weighted by atomic mass is 19.3. The van der Waals surface area contributed by atoms with Gasteiger partial charge in [-0.1, -0.05) is 12.1 Å². The van der Waals surface area contributed by atoms with Gasteiger partial charge < -0.3 is 15.2 Å². The van der Waals surface area contributed by atoms with E-state index in [0.29, 0.717) is 13.0 Å². The van der Waals surface area contributed by atoms with Crippen LogP contribution in [0.15, 0.2) is 24.3 Å². The number of rotatable bonds is 7. The highest BCUT2D eigenvalue weighted by Gasteiger charge is 2.31. The largest absolute Gasteiger partial charge is 0.480 e. The fraction of sp³-hybridized carbons (Fsp3) is 0.467. The van der Waals surface area contributed by atoms with Gasteiger partial charge in [-0.15, -0.1) is 0 Å². The predicted octanol–water partition coefficient (Wildman–Crippen LogP) is 1.45. The maximum atomic E-state index is 12.0. The van der Waals surface area contributed by atoms with Crippen molar-refractivity contribution in [2.45, 2.75) is 32.0 Å². The molecule has 0 aliphatic carbocycles. The summed E-state index contributed by atoms with van der Waals surface area (Å²) in [6, 6.07) is 5.34. The van der Waals surface area contributed by atoms with Crippen LogP contribution in [-0.2, 0) is 16.1 Å². The maximum absolute atomic E-state index is 12.0. The lowest BCUT2D eigenvalue weighted by molar-refractivity contribution is -0.142. The van der Waals surface area contributed by atoms with Gasteiger partial charge in [-0.2, -0.15) is 8.78 Å². The second-order valence-corrected chi connectivity index (χ2v) is 5.27. The van der Waals surface area contributed by atoms with E-state index in [1.165, 1.54) is 12.1 Å². The Morgan fingerprint density at radius 2 is 2.04 bits per heavy atom. The Balaban J connectivity index is 1.79. The molecule has 1 amide bonds. The third-order valence-corrected chi connectivity index (χ3v) is 3.63. The summed E-state index contributed by atoms with van der Waals surface area (Å²) in [5.74, 6) is -1.13. The molecule has 0 saturated carbocycles. The molecule has 8 heteroatoms. The van der Waals surface area contributed by atoms with Crippen molar-refractivity contribution >= 4 is 11.9 Å². The molecule has 0 bridgehead atoms. The van der Waals surface area contributed by atoms with Crippen LogP contribution in [0.5, 0.6) is 5.75 Å². The number of amides is 1. The van der Waals surface area contributed by atoms with Crippen molar-refractivity contribution in [2.75, 3.05) is 13.1 Å². The van der Waals surface area contributed by atoms with E-state index in [2.05, 4.69) is 10.1 Å². The van der Waals surface area contributed by atoms with E-state index in [0.717, 1.165) is 12.0 Å². The molecule has 1 fully saturated rings. The first-order valence-corrected chi connectivity index (χ1v) is 7.23. The van der Waals surface area contributed by atoms with E-state index < -0.39 is 18.6 Å². The van der Waals surface area contributed by atoms with Crippen molar-refractivity contribution in [2.24, 2.45) is 0 Å². The minimum absolute atomic E-state index is 0.0313. The normalized spacial score (nSPS) is 18.1. The van der Waals surface area contributed by atoms with E-state index in [9.17, 15) is 18.4 Å². The zero-order valence-electron chi connectivity index (χ0n) is 12.4. The number of carboxylic acids is 1. The second kappa shape index (κ2) is 7.87. The zero-order valence-corrected chi connectivity index (χ0v) is 12.4. The molecule has 0 aromatic heterocycles. The molecule has 6 nitrogen and oxygen atoms in total. The first kappa shape index (κ1) is 17.1. The third kappa shape index (κ3) is 5.17. The number of nitrogens with one attached hydrogen (secondary N) is 1. The molecule has 1 atom stereocenters. The van der Waals surface area contributed by atoms with Gasteiger partial charge in [0.1, 0.15) is 11.8 Å². The van der Waals surface area contributed by atoms with Crippen LogP contribution >= 0.6 is 0 Å². The number of carboxylic acid groups (broad SMARTS) is 1. The van der Waals surface area contributed by atoms with Gasteiger partial charge in [0.15, 0.2) is 0 Å². The topological polar surface area (TPSA) is 78.9 Å². The lowest BCUT2D eigenvalue weighted by atomic mass is 10.2. The van der Waals surface area contributed by atoms with Crippen LogP contribution in [0, 0.1) is 0 Å². The summed E-state index contributed by atoms with van der Waals surface area (Å²) in [5, 5.41) is 11.7. The van der Waals surface area contributed by atoms with Crippen molar-refractivity contribution in [1.29, 1.82) is 0 Å². The molecule has 1 aliphatic rings. The lowest BCUT2D eigenvalue weighted by Crippen LogP contribution is -2.42. The molecule has 1 aliphatic heterocycles. The number of carbonyl (C=O) groups excluding carboxylic acids is 1. The molecule has 1 aromatic carbocycles. The van der Waals surface area contributed by atoms with Crippen LogP contribution in [0.1, 0.15) is 18.4 Å². The Bertz CT molecular complexity index is 551. The molecule has 1 aromatic rings. The summed E-state index contributed by atoms with van der Waals surface area (Å²) < 4.78 is 28.3. The Kier molecular flexibility index (Phi) is 5.86. The minimum Gasteiger partial charge on any atom is -0.480 e. The van der Waals surface area contributed by atoms with Gasteiger partial charge in [-0.05, 0) is 37.1 Å². The number of ether oxygens (including phenoxy) is 1. The summed E-state index contributed by atoms with van der Waals surface area (Å²) >= 11 is 0. The highest BCUT2D eigenvalue weighted by Crippen LogP contribution is 2.17. The number of aliphatic carboxylic acids is 1. The van der Waals surface area contributed by atoms with Crippen LogP contribution in [0.3, 0.4) is 0 Å². The monoisotopic (exact) mass is 328 g/mol. The Labute approximate surface area is 132 Å². The molecule has 0 radical (unpaired) electrons. The first-order valence-electron chi connectivity index (χ1n) is 7.23. The van der Waals surface area contributed by atoms with E-state index in [4.69, 9.17) is 5.11 Å². The summed E-state index contributed by atoms with van der Waals surface area (Å²) in [6.45, 7) is -2.02. The van der Waals surface area contributed by atoms with Gasteiger partial charge in [0.25, 0.3) is 0 Å². The Hall–Kier alpha value is -2.22. The molecule has 126 valence electrons. The number of alkyl halides is 2. The van der Waals surface area contributed by atoms with Crippen LogP contribution < -0.4 is 10.1 Å². The number of hydrogen-bond donors (Lipinski definition) is 2. The molecular formula is C15H18F2N2O4. The van der Waals surface area contributed by atoms with Gasteiger partial charge in [-0.3, -0.25) is 14.5 Å². The lowest BCUT2D eigenvalue weighted by Gasteiger charge is -2.20. The van der Waals surface area contributed by atoms with E-state index in [1.807, 2.05) is 0 Å². The number of nitrogens with zero attached hydrogens (tertiary/aromatic N) is 1. The Morgan fingerprint density at radius 1 is 1.35 bits per heavy atom. The second-order valence-electron chi connectivity index (χ2n) is 5.27. The van der Waals surface area contributed by atoms with E-state index >= 15 is 0 Å². The molecule has 0 spiro atoms. The van der Waals surface area contributed by atoms with E-state index in [-0.39, 0.29) is 24.7 Å². The predicted molar refractivity (Wildman–Crippen MR) is 77.2 cm³/mol. The van der Waals surface area contributed by atoms with Crippen LogP contribution in [0.4, 0.5) is 8.78 Å². The van der Waals surface area contributed by atoms with Crippen LogP contribution in [0.25, 0.3) is 0 Å². The molecule has 2 rings (SSSR count). The molecular weight excluding hydrogens is 310 g/mol. The molecule has 1 saturated heterocycles. The smallest absolute Gasteiger partial charge is 0.387 e. The third-order valence-electron chi connectivity index (χ3n) is 3.63. The number of hydrogen-bond acceptors (Lipinski definition) is 4. The van der Waals surface area contributed by atoms with Crippen molar-refractivity contribution < 1.29 is 28.2 Å². The average molecular weight is 328 g/mol. The summed E-state index contributed by atoms with van der Waals surface area (Å²) in [4.78, 5) is 24.6. The standard InChI is InChI=1S/C15H18F2N2O4/c16-15(17)23-11-5-3-10(4-6-11)8-18-13(20)9-19-7-1-2-12(19)14(21)22/h3-6,12,15H,1-2,7-9H2,(H,18,20)(H,21,22)/t12-/m0/s1. The molecule has 2 N–H and O–H groups in total. The Morgan fingerprint density at radius 3 is 2.65 bits per heavy atom. The van der Waals surface area contributed by atoms with Gasteiger partial charge in [0.05, 0.1) is 6.54 Å². The van der Waals surface area contributed by atoms with E-state index in [1.54, 1.807) is 17.0 Å². The summed E-state index contributed by atoms with van der Waals surface area (Å²) in [6.07, 6.45) is 1.31. The van der Waals surface area contributed by atoms with Crippen LogP contribution in [-0.4, -0.2) is 47.6 Å². The van der Waals surface area contributed by atoms with Gasteiger partial charge in [0, 0.05) is 6.54 Å². The van der Waals surface area contributed by atoms with Crippen molar-refractivity contribution in [3.63, 3.8) is 0 Å². The first-order chi connectivity index (χ1) is 11.0. The average Bonchev–Trinajstić information content (AvgIpc) is 2.94. The maximum Gasteiger partial charge on any atom is 0.387 e. The van der Waals surface area contributed by atoms with Crippen molar-refractivity contribution in [1.82, 2.24) is 10.2 Å². The van der Waals surface area contributed by atoms with Gasteiger partial charge >= 0.3 is 12.6 Å². The quantitative estimate of drug-likeness (QED) is 0.792. The number of halogens is 2. The summed E-state index contributed by atoms with van der Waals surface area (Å²) in [7, 11) is 0.